The summed E-state index contributed by atoms with van der Waals surface area (Å²) in [5.41, 5.74) is -1.19. The van der Waals surface area contributed by atoms with E-state index in [1.165, 1.54) is 27.3 Å². The Hall–Kier alpha value is -1.89. The Labute approximate surface area is 111 Å². The largest absolute Gasteiger partial charge is 0.481 e. The zero-order chi connectivity index (χ0) is 14.5. The standard InChI is InChI=1S/C12H18N2O5/c1-5-19-9(15)6-12(2,16)8-7-13-11(18-4)14-10(8)17-3/h7,16H,5-6H2,1-4H3. The van der Waals surface area contributed by atoms with E-state index in [1.807, 2.05) is 0 Å². The second kappa shape index (κ2) is 6.33. The molecular weight excluding hydrogens is 252 g/mol. The minimum atomic E-state index is -1.48. The highest BCUT2D eigenvalue weighted by molar-refractivity contribution is 5.71. The molecule has 0 saturated heterocycles. The van der Waals surface area contributed by atoms with Gasteiger partial charge in [-0.1, -0.05) is 0 Å². The van der Waals surface area contributed by atoms with Gasteiger partial charge in [0, 0.05) is 6.20 Å². The molecule has 106 valence electrons. The van der Waals surface area contributed by atoms with Crippen molar-refractivity contribution in [1.29, 1.82) is 0 Å². The summed E-state index contributed by atoms with van der Waals surface area (Å²) in [6.07, 6.45) is 1.15. The Morgan fingerprint density at radius 3 is 2.63 bits per heavy atom. The number of ether oxygens (including phenoxy) is 3. The number of nitrogens with zero attached hydrogens (tertiary/aromatic N) is 2. The van der Waals surface area contributed by atoms with E-state index in [0.29, 0.717) is 5.56 Å². The minimum Gasteiger partial charge on any atom is -0.481 e. The first-order valence-corrected chi connectivity index (χ1v) is 5.78. The number of hydrogen-bond acceptors (Lipinski definition) is 7. The number of carbonyl (C=O) groups excluding carboxylic acids is 1. The van der Waals surface area contributed by atoms with Gasteiger partial charge >= 0.3 is 12.0 Å². The van der Waals surface area contributed by atoms with Gasteiger partial charge in [-0.05, 0) is 13.8 Å². The molecule has 0 aromatic carbocycles. The molecule has 1 rings (SSSR count). The predicted molar refractivity (Wildman–Crippen MR) is 66.0 cm³/mol. The summed E-state index contributed by atoms with van der Waals surface area (Å²) < 4.78 is 14.8. The van der Waals surface area contributed by atoms with Crippen molar-refractivity contribution in [2.24, 2.45) is 0 Å². The highest BCUT2D eigenvalue weighted by Crippen LogP contribution is 2.31. The summed E-state index contributed by atoms with van der Waals surface area (Å²) in [6.45, 7) is 3.42. The molecule has 7 heteroatoms. The van der Waals surface area contributed by atoms with Gasteiger partial charge in [0.25, 0.3) is 0 Å². The van der Waals surface area contributed by atoms with Crippen LogP contribution in [0.1, 0.15) is 25.8 Å². The molecule has 0 saturated carbocycles. The maximum Gasteiger partial charge on any atom is 0.319 e. The number of hydrogen-bond donors (Lipinski definition) is 1. The topological polar surface area (TPSA) is 90.8 Å². The molecule has 1 unspecified atom stereocenters. The zero-order valence-electron chi connectivity index (χ0n) is 11.5. The van der Waals surface area contributed by atoms with Crippen LogP contribution in [0.3, 0.4) is 0 Å². The lowest BCUT2D eigenvalue weighted by atomic mass is 9.94. The van der Waals surface area contributed by atoms with E-state index >= 15 is 0 Å². The predicted octanol–water partition coefficient (Wildman–Crippen LogP) is 0.655. The lowest BCUT2D eigenvalue weighted by molar-refractivity contribution is -0.148. The maximum absolute atomic E-state index is 11.5. The van der Waals surface area contributed by atoms with Crippen molar-refractivity contribution in [2.45, 2.75) is 25.9 Å². The molecule has 0 aliphatic carbocycles. The SMILES string of the molecule is CCOC(=O)CC(C)(O)c1cnc(OC)nc1OC. The van der Waals surface area contributed by atoms with E-state index in [4.69, 9.17) is 14.2 Å². The second-order valence-corrected chi connectivity index (χ2v) is 4.04. The van der Waals surface area contributed by atoms with Crippen LogP contribution in [-0.2, 0) is 15.1 Å². The highest BCUT2D eigenvalue weighted by atomic mass is 16.5. The summed E-state index contributed by atoms with van der Waals surface area (Å²) >= 11 is 0. The number of aromatic nitrogens is 2. The number of carbonyl (C=O) groups is 1. The van der Waals surface area contributed by atoms with Gasteiger partial charge in [-0.2, -0.15) is 4.98 Å². The first kappa shape index (κ1) is 15.2. The van der Waals surface area contributed by atoms with E-state index in [-0.39, 0.29) is 24.9 Å². The highest BCUT2D eigenvalue weighted by Gasteiger charge is 2.32. The Bertz CT molecular complexity index is 448. The van der Waals surface area contributed by atoms with Crippen molar-refractivity contribution in [1.82, 2.24) is 9.97 Å². The van der Waals surface area contributed by atoms with Gasteiger partial charge in [-0.3, -0.25) is 4.79 Å². The zero-order valence-corrected chi connectivity index (χ0v) is 11.5. The molecule has 19 heavy (non-hydrogen) atoms. The fraction of sp³-hybridized carbons (Fsp3) is 0.583. The van der Waals surface area contributed by atoms with Gasteiger partial charge in [0.15, 0.2) is 0 Å². The Morgan fingerprint density at radius 2 is 2.11 bits per heavy atom. The third-order valence-corrected chi connectivity index (χ3v) is 2.48. The molecule has 0 bridgehead atoms. The Balaban J connectivity index is 3.02. The summed E-state index contributed by atoms with van der Waals surface area (Å²) in [5.74, 6) is -0.355. The van der Waals surface area contributed by atoms with Crippen LogP contribution in [0.4, 0.5) is 0 Å². The van der Waals surface area contributed by atoms with Crippen molar-refractivity contribution >= 4 is 5.97 Å². The van der Waals surface area contributed by atoms with Crippen LogP contribution < -0.4 is 9.47 Å². The summed E-state index contributed by atoms with van der Waals surface area (Å²) in [5, 5.41) is 10.4. The number of aliphatic hydroxyl groups is 1. The third-order valence-electron chi connectivity index (χ3n) is 2.48. The molecule has 1 N–H and O–H groups in total. The van der Waals surface area contributed by atoms with Crippen molar-refractivity contribution < 1.29 is 24.1 Å². The smallest absolute Gasteiger partial charge is 0.319 e. The molecule has 0 spiro atoms. The van der Waals surface area contributed by atoms with Crippen molar-refractivity contribution in [3.8, 4) is 11.9 Å². The summed E-state index contributed by atoms with van der Waals surface area (Å²) in [6, 6.07) is 0.118. The Kier molecular flexibility index (Phi) is 5.05. The van der Waals surface area contributed by atoms with Crippen LogP contribution in [0, 0.1) is 0 Å². The van der Waals surface area contributed by atoms with Crippen molar-refractivity contribution in [3.05, 3.63) is 11.8 Å². The van der Waals surface area contributed by atoms with Crippen LogP contribution in [0.2, 0.25) is 0 Å². The van der Waals surface area contributed by atoms with E-state index in [0.717, 1.165) is 0 Å². The summed E-state index contributed by atoms with van der Waals surface area (Å²) in [7, 11) is 2.83. The fourth-order valence-corrected chi connectivity index (χ4v) is 1.56. The molecule has 0 aliphatic heterocycles. The lowest BCUT2D eigenvalue weighted by Crippen LogP contribution is -2.27. The monoisotopic (exact) mass is 270 g/mol. The van der Waals surface area contributed by atoms with Gasteiger partial charge in [0.05, 0.1) is 32.8 Å². The van der Waals surface area contributed by atoms with Crippen LogP contribution in [0.5, 0.6) is 11.9 Å². The second-order valence-electron chi connectivity index (χ2n) is 4.04. The molecule has 0 radical (unpaired) electrons. The third kappa shape index (κ3) is 3.78. The Morgan fingerprint density at radius 1 is 1.42 bits per heavy atom. The molecule has 0 aliphatic rings. The van der Waals surface area contributed by atoms with E-state index in [1.54, 1.807) is 6.92 Å². The number of rotatable bonds is 6. The molecule has 1 atom stereocenters. The molecule has 1 aromatic rings. The van der Waals surface area contributed by atoms with Crippen molar-refractivity contribution in [3.63, 3.8) is 0 Å². The fourth-order valence-electron chi connectivity index (χ4n) is 1.56. The van der Waals surface area contributed by atoms with Crippen LogP contribution in [0.15, 0.2) is 6.20 Å². The maximum atomic E-state index is 11.5. The van der Waals surface area contributed by atoms with Gasteiger partial charge in [0.2, 0.25) is 5.88 Å². The summed E-state index contributed by atoms with van der Waals surface area (Å²) in [4.78, 5) is 19.3. The quantitative estimate of drug-likeness (QED) is 0.759. The molecular formula is C12H18N2O5. The average molecular weight is 270 g/mol. The molecule has 7 nitrogen and oxygen atoms in total. The van der Waals surface area contributed by atoms with Crippen LogP contribution >= 0.6 is 0 Å². The lowest BCUT2D eigenvalue weighted by Gasteiger charge is -2.23. The van der Waals surface area contributed by atoms with Crippen LogP contribution in [-0.4, -0.2) is 41.9 Å². The first-order chi connectivity index (χ1) is 8.94. The van der Waals surface area contributed by atoms with Gasteiger partial charge in [-0.25, -0.2) is 4.98 Å². The van der Waals surface area contributed by atoms with Gasteiger partial charge in [-0.15, -0.1) is 0 Å². The molecule has 1 aromatic heterocycles. The van der Waals surface area contributed by atoms with Gasteiger partial charge < -0.3 is 19.3 Å². The molecule has 0 fully saturated rings. The van der Waals surface area contributed by atoms with E-state index < -0.39 is 11.6 Å². The first-order valence-electron chi connectivity index (χ1n) is 5.78. The number of methoxy groups -OCH3 is 2. The van der Waals surface area contributed by atoms with Gasteiger partial charge in [0.1, 0.15) is 5.60 Å². The van der Waals surface area contributed by atoms with E-state index in [2.05, 4.69) is 9.97 Å². The van der Waals surface area contributed by atoms with Crippen molar-refractivity contribution in [2.75, 3.05) is 20.8 Å². The molecule has 0 amide bonds. The normalized spacial score (nSPS) is 13.5. The minimum absolute atomic E-state index is 0.118. The van der Waals surface area contributed by atoms with Crippen LogP contribution in [0.25, 0.3) is 0 Å². The van der Waals surface area contributed by atoms with E-state index in [9.17, 15) is 9.90 Å². The average Bonchev–Trinajstić information content (AvgIpc) is 2.37. The number of esters is 1. The molecule has 1 heterocycles.